The lowest BCUT2D eigenvalue weighted by molar-refractivity contribution is 0.0690. The molecule has 0 aliphatic rings. The molecule has 0 aliphatic heterocycles. The highest BCUT2D eigenvalue weighted by Gasteiger charge is 2.21. The second kappa shape index (κ2) is 4.60. The Bertz CT molecular complexity index is 797. The highest BCUT2D eigenvalue weighted by Crippen LogP contribution is 2.33. The molecule has 0 amide bonds. The average Bonchev–Trinajstić information content (AvgIpc) is 2.80. The van der Waals surface area contributed by atoms with Crippen LogP contribution in [-0.2, 0) is 9.84 Å². The number of nitrogens with zero attached hydrogens (tertiary/aromatic N) is 1. The topological polar surface area (TPSA) is 120 Å². The van der Waals surface area contributed by atoms with E-state index in [1.165, 1.54) is 0 Å². The molecular weight excluding hydrogens is 291 g/mol. The molecule has 106 valence electrons. The van der Waals surface area contributed by atoms with Gasteiger partial charge < -0.3 is 10.2 Å². The fourth-order valence-electron chi connectivity index (χ4n) is 1.61. The predicted octanol–water partition coefficient (Wildman–Crippen LogP) is 1.02. The van der Waals surface area contributed by atoms with E-state index in [2.05, 4.69) is 10.2 Å². The number of aromatic nitrogens is 2. The first-order valence-electron chi connectivity index (χ1n) is 5.22. The number of phenolic OH excluding ortho intramolecular Hbond substituents is 1. The minimum Gasteiger partial charge on any atom is -0.504 e. The molecule has 2 rings (SSSR count). The number of sulfone groups is 1. The van der Waals surface area contributed by atoms with E-state index in [4.69, 9.17) is 5.11 Å². The monoisotopic (exact) mass is 300 g/mol. The maximum Gasteiger partial charge on any atom is 0.353 e. The molecule has 3 N–H and O–H groups in total. The smallest absolute Gasteiger partial charge is 0.353 e. The minimum atomic E-state index is -3.82. The van der Waals surface area contributed by atoms with Crippen LogP contribution in [0.4, 0.5) is 4.39 Å². The first-order chi connectivity index (χ1) is 9.21. The number of carbonyl (C=O) groups is 1. The Morgan fingerprint density at radius 1 is 1.40 bits per heavy atom. The van der Waals surface area contributed by atoms with E-state index in [1.54, 1.807) is 0 Å². The maximum atomic E-state index is 13.8. The van der Waals surface area contributed by atoms with E-state index >= 15 is 0 Å². The van der Waals surface area contributed by atoms with E-state index in [9.17, 15) is 22.7 Å². The maximum absolute atomic E-state index is 13.8. The van der Waals surface area contributed by atoms with Crippen molar-refractivity contribution < 1.29 is 27.8 Å². The first-order valence-corrected chi connectivity index (χ1v) is 7.11. The standard InChI is InChI=1S/C11H9FN2O5S/c1-20(18,19)8-3-2-5(10(15)9(8)12)6-4-7(11(16)17)14-13-6/h2-4,15H,1H3,(H,13,14)(H,16,17). The summed E-state index contributed by atoms with van der Waals surface area (Å²) in [5.74, 6) is -3.47. The molecule has 0 fully saturated rings. The van der Waals surface area contributed by atoms with Crippen LogP contribution in [0, 0.1) is 5.82 Å². The Kier molecular flexibility index (Phi) is 3.22. The van der Waals surface area contributed by atoms with E-state index in [0.29, 0.717) is 0 Å². The van der Waals surface area contributed by atoms with Gasteiger partial charge in [0.1, 0.15) is 10.6 Å². The molecule has 0 radical (unpaired) electrons. The highest BCUT2D eigenvalue weighted by atomic mass is 32.2. The normalized spacial score (nSPS) is 11.5. The molecule has 1 aromatic carbocycles. The summed E-state index contributed by atoms with van der Waals surface area (Å²) in [6.45, 7) is 0. The number of carboxylic acids is 1. The molecule has 0 unspecified atom stereocenters. The van der Waals surface area contributed by atoms with Crippen LogP contribution >= 0.6 is 0 Å². The Hall–Kier alpha value is -2.42. The van der Waals surface area contributed by atoms with E-state index in [0.717, 1.165) is 24.5 Å². The van der Waals surface area contributed by atoms with E-state index in [-0.39, 0.29) is 17.0 Å². The Morgan fingerprint density at radius 3 is 2.55 bits per heavy atom. The fraction of sp³-hybridized carbons (Fsp3) is 0.0909. The number of rotatable bonds is 3. The van der Waals surface area contributed by atoms with Crippen LogP contribution in [0.25, 0.3) is 11.3 Å². The highest BCUT2D eigenvalue weighted by molar-refractivity contribution is 7.90. The predicted molar refractivity (Wildman–Crippen MR) is 65.7 cm³/mol. The summed E-state index contributed by atoms with van der Waals surface area (Å²) in [6, 6.07) is 3.22. The van der Waals surface area contributed by atoms with Crippen LogP contribution in [0.15, 0.2) is 23.1 Å². The second-order valence-electron chi connectivity index (χ2n) is 4.02. The van der Waals surface area contributed by atoms with Gasteiger partial charge in [-0.1, -0.05) is 0 Å². The van der Waals surface area contributed by atoms with Crippen molar-refractivity contribution in [3.8, 4) is 17.0 Å². The van der Waals surface area contributed by atoms with Crippen molar-refractivity contribution in [1.29, 1.82) is 0 Å². The van der Waals surface area contributed by atoms with Crippen molar-refractivity contribution in [1.82, 2.24) is 10.2 Å². The number of carboxylic acid groups (broad SMARTS) is 1. The van der Waals surface area contributed by atoms with Crippen LogP contribution in [-0.4, -0.2) is 41.1 Å². The molecule has 1 aromatic heterocycles. The number of halogens is 1. The first kappa shape index (κ1) is 14.0. The number of benzene rings is 1. The SMILES string of the molecule is CS(=O)(=O)c1ccc(-c2cc(C(=O)O)[nH]n2)c(O)c1F. The Balaban J connectivity index is 2.59. The van der Waals surface area contributed by atoms with Crippen molar-refractivity contribution in [3.63, 3.8) is 0 Å². The zero-order valence-corrected chi connectivity index (χ0v) is 10.9. The minimum absolute atomic E-state index is 0.0150. The molecular formula is C11H9FN2O5S. The zero-order chi connectivity index (χ0) is 15.1. The lowest BCUT2D eigenvalue weighted by Crippen LogP contribution is -2.01. The number of H-pyrrole nitrogens is 1. The molecule has 20 heavy (non-hydrogen) atoms. The van der Waals surface area contributed by atoms with Crippen molar-refractivity contribution in [3.05, 3.63) is 29.7 Å². The number of nitrogens with one attached hydrogen (secondary N) is 1. The van der Waals surface area contributed by atoms with Crippen LogP contribution in [0.1, 0.15) is 10.5 Å². The fourth-order valence-corrected chi connectivity index (χ4v) is 2.35. The molecule has 2 aromatic rings. The zero-order valence-electron chi connectivity index (χ0n) is 10.1. The molecule has 0 aliphatic carbocycles. The molecule has 0 saturated heterocycles. The third kappa shape index (κ3) is 2.35. The number of hydrogen-bond acceptors (Lipinski definition) is 5. The Morgan fingerprint density at radius 2 is 2.05 bits per heavy atom. The molecule has 9 heteroatoms. The van der Waals surface area contributed by atoms with Crippen molar-refractivity contribution in [2.24, 2.45) is 0 Å². The van der Waals surface area contributed by atoms with E-state index in [1.807, 2.05) is 0 Å². The van der Waals surface area contributed by atoms with Gasteiger partial charge in [-0.15, -0.1) is 0 Å². The molecule has 1 heterocycles. The number of aromatic amines is 1. The van der Waals surface area contributed by atoms with Gasteiger partial charge in [-0.2, -0.15) is 5.10 Å². The average molecular weight is 300 g/mol. The summed E-state index contributed by atoms with van der Waals surface area (Å²) in [5, 5.41) is 24.2. The van der Waals surface area contributed by atoms with Crippen LogP contribution < -0.4 is 0 Å². The molecule has 0 saturated carbocycles. The summed E-state index contributed by atoms with van der Waals surface area (Å²) >= 11 is 0. The van der Waals surface area contributed by atoms with Gasteiger partial charge in [0.15, 0.2) is 21.4 Å². The number of phenols is 1. The van der Waals surface area contributed by atoms with Crippen LogP contribution in [0.2, 0.25) is 0 Å². The lowest BCUT2D eigenvalue weighted by atomic mass is 10.1. The van der Waals surface area contributed by atoms with Crippen molar-refractivity contribution in [2.75, 3.05) is 6.26 Å². The number of hydrogen-bond donors (Lipinski definition) is 3. The summed E-state index contributed by atoms with van der Waals surface area (Å²) < 4.78 is 36.4. The van der Waals surface area contributed by atoms with Gasteiger partial charge in [-0.3, -0.25) is 5.10 Å². The van der Waals surface area contributed by atoms with Crippen LogP contribution in [0.5, 0.6) is 5.75 Å². The van der Waals surface area contributed by atoms with Gasteiger partial charge in [0, 0.05) is 11.8 Å². The summed E-state index contributed by atoms with van der Waals surface area (Å²) in [7, 11) is -3.82. The number of aromatic hydroxyl groups is 1. The van der Waals surface area contributed by atoms with Crippen LogP contribution in [0.3, 0.4) is 0 Å². The largest absolute Gasteiger partial charge is 0.504 e. The number of aromatic carboxylic acids is 1. The second-order valence-corrected chi connectivity index (χ2v) is 6.00. The van der Waals surface area contributed by atoms with Gasteiger partial charge in [0.05, 0.1) is 5.69 Å². The van der Waals surface area contributed by atoms with Crippen molar-refractivity contribution >= 4 is 15.8 Å². The summed E-state index contributed by atoms with van der Waals surface area (Å²) in [6.07, 6.45) is 0.807. The Labute approximate surface area is 112 Å². The lowest BCUT2D eigenvalue weighted by Gasteiger charge is -2.06. The summed E-state index contributed by atoms with van der Waals surface area (Å²) in [4.78, 5) is 10.1. The van der Waals surface area contributed by atoms with Gasteiger partial charge >= 0.3 is 5.97 Å². The third-order valence-corrected chi connectivity index (χ3v) is 3.68. The summed E-state index contributed by atoms with van der Waals surface area (Å²) in [5.41, 5.74) is -0.371. The molecule has 7 nitrogen and oxygen atoms in total. The van der Waals surface area contributed by atoms with Gasteiger partial charge in [0.25, 0.3) is 0 Å². The van der Waals surface area contributed by atoms with Gasteiger partial charge in [-0.25, -0.2) is 17.6 Å². The molecule has 0 spiro atoms. The van der Waals surface area contributed by atoms with Crippen molar-refractivity contribution in [2.45, 2.75) is 4.90 Å². The van der Waals surface area contributed by atoms with E-state index < -0.39 is 32.3 Å². The third-order valence-electron chi connectivity index (χ3n) is 2.56. The van der Waals surface area contributed by atoms with Gasteiger partial charge in [-0.05, 0) is 18.2 Å². The van der Waals surface area contributed by atoms with Gasteiger partial charge in [0.2, 0.25) is 0 Å². The quantitative estimate of drug-likeness (QED) is 0.778. The molecule has 0 bridgehead atoms. The molecule has 0 atom stereocenters.